The summed E-state index contributed by atoms with van der Waals surface area (Å²) in [5.41, 5.74) is 1.15. The molecular formula is C12H17ClO2. The third-order valence-corrected chi connectivity index (χ3v) is 2.77. The molecule has 0 spiro atoms. The van der Waals surface area contributed by atoms with Crippen molar-refractivity contribution in [2.45, 2.75) is 31.8 Å². The van der Waals surface area contributed by atoms with E-state index in [0.29, 0.717) is 6.42 Å². The van der Waals surface area contributed by atoms with Crippen molar-refractivity contribution >= 4 is 11.6 Å². The fourth-order valence-electron chi connectivity index (χ4n) is 1.49. The molecule has 0 amide bonds. The van der Waals surface area contributed by atoms with E-state index in [2.05, 4.69) is 0 Å². The minimum absolute atomic E-state index is 0.147. The number of aliphatic hydroxyl groups excluding tert-OH is 2. The molecule has 0 saturated heterocycles. The van der Waals surface area contributed by atoms with Gasteiger partial charge < -0.3 is 10.2 Å². The number of rotatable bonds is 6. The fourth-order valence-corrected chi connectivity index (χ4v) is 1.72. The van der Waals surface area contributed by atoms with Gasteiger partial charge in [-0.2, -0.15) is 0 Å². The average molecular weight is 229 g/mol. The molecule has 15 heavy (non-hydrogen) atoms. The molecule has 0 fully saturated rings. The summed E-state index contributed by atoms with van der Waals surface area (Å²) in [4.78, 5) is 0. The first-order valence-corrected chi connectivity index (χ1v) is 5.64. The number of hydrogen-bond donors (Lipinski definition) is 2. The molecule has 1 rings (SSSR count). The molecule has 0 saturated carbocycles. The highest BCUT2D eigenvalue weighted by Crippen LogP contribution is 2.17. The number of aryl methyl sites for hydroxylation is 1. The Hall–Kier alpha value is -0.570. The molecule has 1 aromatic rings. The Balaban J connectivity index is 2.23. The van der Waals surface area contributed by atoms with Crippen LogP contribution in [0.25, 0.3) is 0 Å². The van der Waals surface area contributed by atoms with Crippen molar-refractivity contribution in [3.05, 3.63) is 34.9 Å². The van der Waals surface area contributed by atoms with Crippen molar-refractivity contribution in [2.75, 3.05) is 6.61 Å². The Labute approximate surface area is 95.5 Å². The summed E-state index contributed by atoms with van der Waals surface area (Å²) >= 11 is 6.00. The predicted octanol–water partition coefficient (Wildman–Crippen LogP) is 2.41. The van der Waals surface area contributed by atoms with E-state index in [1.54, 1.807) is 0 Å². The topological polar surface area (TPSA) is 40.5 Å². The molecule has 0 heterocycles. The molecule has 0 aliphatic rings. The fraction of sp³-hybridized carbons (Fsp3) is 0.500. The van der Waals surface area contributed by atoms with Crippen molar-refractivity contribution in [1.29, 1.82) is 0 Å². The second-order valence-corrected chi connectivity index (χ2v) is 4.08. The van der Waals surface area contributed by atoms with Crippen LogP contribution in [0.15, 0.2) is 24.3 Å². The summed E-state index contributed by atoms with van der Waals surface area (Å²) in [6.07, 6.45) is 2.91. The molecule has 0 aromatic heterocycles. The highest BCUT2D eigenvalue weighted by molar-refractivity contribution is 6.31. The van der Waals surface area contributed by atoms with Gasteiger partial charge in [-0.3, -0.25) is 0 Å². The zero-order valence-electron chi connectivity index (χ0n) is 8.69. The number of hydrogen-bond acceptors (Lipinski definition) is 2. The Bertz CT molecular complexity index is 289. The van der Waals surface area contributed by atoms with E-state index in [0.717, 1.165) is 29.8 Å². The van der Waals surface area contributed by atoms with Gasteiger partial charge in [-0.15, -0.1) is 0 Å². The van der Waals surface area contributed by atoms with Crippen LogP contribution in [0.5, 0.6) is 0 Å². The number of unbranched alkanes of at least 4 members (excludes halogenated alkanes) is 1. The van der Waals surface area contributed by atoms with Crippen LogP contribution in [0.2, 0.25) is 5.02 Å². The summed E-state index contributed by atoms with van der Waals surface area (Å²) in [5, 5.41) is 18.6. The molecule has 3 heteroatoms. The monoisotopic (exact) mass is 228 g/mol. The van der Waals surface area contributed by atoms with Crippen molar-refractivity contribution in [2.24, 2.45) is 0 Å². The largest absolute Gasteiger partial charge is 0.394 e. The van der Waals surface area contributed by atoms with E-state index in [9.17, 15) is 0 Å². The van der Waals surface area contributed by atoms with E-state index in [4.69, 9.17) is 21.8 Å². The standard InChI is InChI=1S/C12H17ClO2/c13-12-8-4-2-6-10(12)5-1-3-7-11(15)9-14/h2,4,6,8,11,14-15H,1,3,5,7,9H2/t11-/m0/s1. The SMILES string of the molecule is OC[C@@H](O)CCCCc1ccccc1Cl. The van der Waals surface area contributed by atoms with Gasteiger partial charge in [0.25, 0.3) is 0 Å². The first-order valence-electron chi connectivity index (χ1n) is 5.26. The highest BCUT2D eigenvalue weighted by Gasteiger charge is 2.02. The maximum absolute atomic E-state index is 9.13. The predicted molar refractivity (Wildman–Crippen MR) is 62.1 cm³/mol. The van der Waals surface area contributed by atoms with Crippen molar-refractivity contribution in [3.63, 3.8) is 0 Å². The minimum atomic E-state index is -0.573. The lowest BCUT2D eigenvalue weighted by Gasteiger charge is -2.07. The smallest absolute Gasteiger partial charge is 0.0770 e. The summed E-state index contributed by atoms with van der Waals surface area (Å²) in [5.74, 6) is 0. The molecule has 1 atom stereocenters. The van der Waals surface area contributed by atoms with Crippen LogP contribution >= 0.6 is 11.6 Å². The van der Waals surface area contributed by atoms with E-state index in [-0.39, 0.29) is 6.61 Å². The van der Waals surface area contributed by atoms with Crippen LogP contribution in [-0.2, 0) is 6.42 Å². The zero-order chi connectivity index (χ0) is 11.1. The Kier molecular flexibility index (Phi) is 5.69. The third-order valence-electron chi connectivity index (χ3n) is 2.40. The van der Waals surface area contributed by atoms with Crippen LogP contribution in [0.4, 0.5) is 0 Å². The van der Waals surface area contributed by atoms with Gasteiger partial charge >= 0.3 is 0 Å². The second-order valence-electron chi connectivity index (χ2n) is 3.67. The van der Waals surface area contributed by atoms with Crippen molar-refractivity contribution in [3.8, 4) is 0 Å². The van der Waals surface area contributed by atoms with Crippen LogP contribution in [-0.4, -0.2) is 22.9 Å². The third kappa shape index (κ3) is 4.65. The molecule has 0 radical (unpaired) electrons. The Morgan fingerprint density at radius 3 is 2.60 bits per heavy atom. The van der Waals surface area contributed by atoms with Crippen LogP contribution < -0.4 is 0 Å². The molecule has 0 bridgehead atoms. The van der Waals surface area contributed by atoms with Gasteiger partial charge in [0.05, 0.1) is 12.7 Å². The summed E-state index contributed by atoms with van der Waals surface area (Å²) in [7, 11) is 0. The first-order chi connectivity index (χ1) is 7.24. The quantitative estimate of drug-likeness (QED) is 0.735. The molecule has 1 aromatic carbocycles. The number of benzene rings is 1. The van der Waals surface area contributed by atoms with Gasteiger partial charge in [0.15, 0.2) is 0 Å². The van der Waals surface area contributed by atoms with Gasteiger partial charge in [-0.05, 0) is 30.9 Å². The molecular weight excluding hydrogens is 212 g/mol. The molecule has 0 unspecified atom stereocenters. The van der Waals surface area contributed by atoms with E-state index in [1.165, 1.54) is 0 Å². The lowest BCUT2D eigenvalue weighted by molar-refractivity contribution is 0.0862. The highest BCUT2D eigenvalue weighted by atomic mass is 35.5. The van der Waals surface area contributed by atoms with Crippen LogP contribution in [0, 0.1) is 0 Å². The van der Waals surface area contributed by atoms with Gasteiger partial charge in [0.2, 0.25) is 0 Å². The van der Waals surface area contributed by atoms with Gasteiger partial charge in [0.1, 0.15) is 0 Å². The summed E-state index contributed by atoms with van der Waals surface area (Å²) in [6, 6.07) is 7.80. The van der Waals surface area contributed by atoms with Crippen LogP contribution in [0.3, 0.4) is 0 Å². The van der Waals surface area contributed by atoms with Crippen molar-refractivity contribution in [1.82, 2.24) is 0 Å². The maximum Gasteiger partial charge on any atom is 0.0770 e. The van der Waals surface area contributed by atoms with E-state index < -0.39 is 6.10 Å². The first kappa shape index (κ1) is 12.5. The Morgan fingerprint density at radius 2 is 1.93 bits per heavy atom. The van der Waals surface area contributed by atoms with Crippen LogP contribution in [0.1, 0.15) is 24.8 Å². The summed E-state index contributed by atoms with van der Waals surface area (Å²) in [6.45, 7) is -0.147. The van der Waals surface area contributed by atoms with E-state index in [1.807, 2.05) is 24.3 Å². The average Bonchev–Trinajstić information content (AvgIpc) is 2.26. The molecule has 0 aliphatic carbocycles. The Morgan fingerprint density at radius 1 is 1.20 bits per heavy atom. The minimum Gasteiger partial charge on any atom is -0.394 e. The summed E-state index contributed by atoms with van der Waals surface area (Å²) < 4.78 is 0. The lowest BCUT2D eigenvalue weighted by atomic mass is 10.1. The van der Waals surface area contributed by atoms with Gasteiger partial charge in [-0.1, -0.05) is 36.2 Å². The molecule has 2 N–H and O–H groups in total. The molecule has 84 valence electrons. The number of halogens is 1. The lowest BCUT2D eigenvalue weighted by Crippen LogP contribution is -2.11. The second kappa shape index (κ2) is 6.83. The zero-order valence-corrected chi connectivity index (χ0v) is 9.45. The van der Waals surface area contributed by atoms with E-state index >= 15 is 0 Å². The normalized spacial score (nSPS) is 12.7. The van der Waals surface area contributed by atoms with Gasteiger partial charge in [0, 0.05) is 5.02 Å². The molecule has 0 aliphatic heterocycles. The van der Waals surface area contributed by atoms with Crippen molar-refractivity contribution < 1.29 is 10.2 Å². The number of aliphatic hydroxyl groups is 2. The van der Waals surface area contributed by atoms with Gasteiger partial charge in [-0.25, -0.2) is 0 Å². The maximum atomic E-state index is 9.13. The molecule has 2 nitrogen and oxygen atoms in total.